The summed E-state index contributed by atoms with van der Waals surface area (Å²) in [4.78, 5) is 5.14. The molecule has 1 atom stereocenters. The van der Waals surface area contributed by atoms with Gasteiger partial charge in [0.05, 0.1) is 6.04 Å². The Morgan fingerprint density at radius 1 is 0.750 bits per heavy atom. The third-order valence-corrected chi connectivity index (χ3v) is 7.52. The van der Waals surface area contributed by atoms with Crippen LogP contribution in [0.15, 0.2) is 66.7 Å². The first kappa shape index (κ1) is 26.7. The smallest absolute Gasteiger partial charge is 0.123 e. The average Bonchev–Trinajstić information content (AvgIpc) is 2.81. The number of benzene rings is 3. The molecule has 0 bridgehead atoms. The molecule has 1 N–H and O–H groups in total. The third-order valence-electron chi connectivity index (χ3n) is 7.27. The van der Waals surface area contributed by atoms with Crippen LogP contribution in [0.5, 0.6) is 5.75 Å². The highest BCUT2D eigenvalue weighted by Crippen LogP contribution is 2.43. The summed E-state index contributed by atoms with van der Waals surface area (Å²) in [6, 6.07) is 23.6. The summed E-state index contributed by atoms with van der Waals surface area (Å²) < 4.78 is 0. The predicted molar refractivity (Wildman–Crippen MR) is 152 cm³/mol. The molecule has 3 aromatic rings. The molecule has 4 heteroatoms. The van der Waals surface area contributed by atoms with Crippen LogP contribution in [-0.4, -0.2) is 41.1 Å². The van der Waals surface area contributed by atoms with Crippen molar-refractivity contribution in [3.05, 3.63) is 99.6 Å². The zero-order valence-electron chi connectivity index (χ0n) is 22.7. The normalized spacial score (nSPS) is 16.8. The van der Waals surface area contributed by atoms with E-state index in [0.29, 0.717) is 5.75 Å². The Labute approximate surface area is 222 Å². The lowest BCUT2D eigenvalue weighted by atomic mass is 9.77. The fourth-order valence-electron chi connectivity index (χ4n) is 5.24. The Morgan fingerprint density at radius 3 is 1.78 bits per heavy atom. The van der Waals surface area contributed by atoms with E-state index >= 15 is 0 Å². The minimum Gasteiger partial charge on any atom is -0.507 e. The SMILES string of the molecule is CC(C)(C)c1cc([C@H](c2ccc(Cl)cc2)N2CCN(Cc3ccccc3)CC2)cc(C(C)(C)C)c1O. The summed E-state index contributed by atoms with van der Waals surface area (Å²) in [7, 11) is 0. The molecular formula is C32H41ClN2O. The second-order valence-electron chi connectivity index (χ2n) is 12.2. The van der Waals surface area contributed by atoms with E-state index in [4.69, 9.17) is 11.6 Å². The quantitative estimate of drug-likeness (QED) is 0.388. The Morgan fingerprint density at radius 2 is 1.28 bits per heavy atom. The van der Waals surface area contributed by atoms with Crippen molar-refractivity contribution in [2.24, 2.45) is 0 Å². The van der Waals surface area contributed by atoms with Gasteiger partial charge in [-0.25, -0.2) is 0 Å². The summed E-state index contributed by atoms with van der Waals surface area (Å²) in [6.45, 7) is 18.1. The van der Waals surface area contributed by atoms with Crippen LogP contribution in [-0.2, 0) is 17.4 Å². The minimum atomic E-state index is -0.168. The van der Waals surface area contributed by atoms with Crippen molar-refractivity contribution in [1.29, 1.82) is 0 Å². The summed E-state index contributed by atoms with van der Waals surface area (Å²) in [5, 5.41) is 12.1. The molecular weight excluding hydrogens is 464 g/mol. The molecule has 4 rings (SSSR count). The molecule has 1 heterocycles. The van der Waals surface area contributed by atoms with Gasteiger partial charge in [0.15, 0.2) is 0 Å². The largest absolute Gasteiger partial charge is 0.507 e. The number of phenols is 1. The van der Waals surface area contributed by atoms with E-state index in [1.807, 2.05) is 12.1 Å². The molecule has 0 saturated carbocycles. The molecule has 1 aliphatic heterocycles. The molecule has 0 aliphatic carbocycles. The van der Waals surface area contributed by atoms with Crippen LogP contribution >= 0.6 is 11.6 Å². The molecule has 0 aromatic heterocycles. The summed E-state index contributed by atoms with van der Waals surface area (Å²) in [5.41, 5.74) is 5.52. The lowest BCUT2D eigenvalue weighted by Crippen LogP contribution is -2.47. The highest BCUT2D eigenvalue weighted by Gasteiger charge is 2.32. The van der Waals surface area contributed by atoms with Gasteiger partial charge in [-0.2, -0.15) is 0 Å². The van der Waals surface area contributed by atoms with E-state index in [9.17, 15) is 5.11 Å². The molecule has 1 fully saturated rings. The van der Waals surface area contributed by atoms with E-state index in [-0.39, 0.29) is 16.9 Å². The lowest BCUT2D eigenvalue weighted by Gasteiger charge is -2.40. The van der Waals surface area contributed by atoms with Crippen LogP contribution in [0.1, 0.15) is 75.4 Å². The summed E-state index contributed by atoms with van der Waals surface area (Å²) in [5.74, 6) is 0.432. The van der Waals surface area contributed by atoms with Gasteiger partial charge in [-0.3, -0.25) is 9.80 Å². The fraction of sp³-hybridized carbons (Fsp3) is 0.438. The monoisotopic (exact) mass is 504 g/mol. The van der Waals surface area contributed by atoms with Crippen molar-refractivity contribution in [1.82, 2.24) is 9.80 Å². The van der Waals surface area contributed by atoms with E-state index in [1.165, 1.54) is 16.7 Å². The molecule has 192 valence electrons. The van der Waals surface area contributed by atoms with Gasteiger partial charge in [0.2, 0.25) is 0 Å². The second kappa shape index (κ2) is 10.6. The zero-order chi connectivity index (χ0) is 26.1. The molecule has 3 nitrogen and oxygen atoms in total. The highest BCUT2D eigenvalue weighted by molar-refractivity contribution is 6.30. The Kier molecular flexibility index (Phi) is 7.85. The molecule has 0 spiro atoms. The lowest BCUT2D eigenvalue weighted by molar-refractivity contribution is 0.105. The van der Waals surface area contributed by atoms with Gasteiger partial charge in [-0.1, -0.05) is 95.6 Å². The maximum Gasteiger partial charge on any atom is 0.123 e. The van der Waals surface area contributed by atoms with E-state index in [1.54, 1.807) is 0 Å². The van der Waals surface area contributed by atoms with Crippen molar-refractivity contribution >= 4 is 11.6 Å². The maximum absolute atomic E-state index is 11.3. The van der Waals surface area contributed by atoms with Crippen molar-refractivity contribution in [2.75, 3.05) is 26.2 Å². The number of aromatic hydroxyl groups is 1. The highest BCUT2D eigenvalue weighted by atomic mass is 35.5. The predicted octanol–water partition coefficient (Wildman–Crippen LogP) is 7.55. The first-order chi connectivity index (χ1) is 16.9. The molecule has 0 amide bonds. The van der Waals surface area contributed by atoms with Crippen LogP contribution in [0.25, 0.3) is 0 Å². The number of hydrogen-bond donors (Lipinski definition) is 1. The van der Waals surface area contributed by atoms with E-state index in [0.717, 1.165) is 48.9 Å². The second-order valence-corrected chi connectivity index (χ2v) is 12.7. The van der Waals surface area contributed by atoms with E-state index < -0.39 is 0 Å². The van der Waals surface area contributed by atoms with Crippen LogP contribution in [0, 0.1) is 0 Å². The Hall–Kier alpha value is -2.33. The van der Waals surface area contributed by atoms with Gasteiger partial charge in [-0.05, 0) is 62.9 Å². The molecule has 3 aromatic carbocycles. The topological polar surface area (TPSA) is 26.7 Å². The standard InChI is InChI=1S/C32H41ClN2O/c1-31(2,3)27-20-25(21-28(30(27)36)32(4,5)6)29(24-12-14-26(33)15-13-24)35-18-16-34(17-19-35)22-23-10-8-7-9-11-23/h7-15,20-21,29,36H,16-19,22H2,1-6H3/t29-/m0/s1. The van der Waals surface area contributed by atoms with Gasteiger partial charge in [0, 0.05) is 37.7 Å². The van der Waals surface area contributed by atoms with Gasteiger partial charge >= 0.3 is 0 Å². The molecule has 1 saturated heterocycles. The molecule has 1 aliphatic rings. The number of piperazine rings is 1. The Balaban J connectivity index is 1.71. The first-order valence-corrected chi connectivity index (χ1v) is 13.4. The molecule has 0 radical (unpaired) electrons. The third kappa shape index (κ3) is 6.14. The number of phenolic OH excluding ortho intramolecular Hbond substituents is 1. The van der Waals surface area contributed by atoms with E-state index in [2.05, 4.69) is 106 Å². The van der Waals surface area contributed by atoms with Crippen LogP contribution < -0.4 is 0 Å². The van der Waals surface area contributed by atoms with Crippen molar-refractivity contribution in [3.8, 4) is 5.75 Å². The summed E-state index contributed by atoms with van der Waals surface area (Å²) >= 11 is 6.28. The van der Waals surface area contributed by atoms with Crippen LogP contribution in [0.3, 0.4) is 0 Å². The van der Waals surface area contributed by atoms with Gasteiger partial charge in [0.25, 0.3) is 0 Å². The molecule has 0 unspecified atom stereocenters. The summed E-state index contributed by atoms with van der Waals surface area (Å²) in [6.07, 6.45) is 0. The number of rotatable bonds is 5. The van der Waals surface area contributed by atoms with Crippen LogP contribution in [0.4, 0.5) is 0 Å². The number of nitrogens with zero attached hydrogens (tertiary/aromatic N) is 2. The van der Waals surface area contributed by atoms with Crippen LogP contribution in [0.2, 0.25) is 5.02 Å². The number of halogens is 1. The zero-order valence-corrected chi connectivity index (χ0v) is 23.4. The van der Waals surface area contributed by atoms with Gasteiger partial charge in [-0.15, -0.1) is 0 Å². The average molecular weight is 505 g/mol. The molecule has 36 heavy (non-hydrogen) atoms. The maximum atomic E-state index is 11.3. The first-order valence-electron chi connectivity index (χ1n) is 13.1. The van der Waals surface area contributed by atoms with Crippen molar-refractivity contribution < 1.29 is 5.11 Å². The van der Waals surface area contributed by atoms with Gasteiger partial charge in [0.1, 0.15) is 5.75 Å². The van der Waals surface area contributed by atoms with Crippen molar-refractivity contribution in [3.63, 3.8) is 0 Å². The van der Waals surface area contributed by atoms with Crippen molar-refractivity contribution in [2.45, 2.75) is 65.0 Å². The minimum absolute atomic E-state index is 0.101. The Bertz CT molecular complexity index is 1120. The van der Waals surface area contributed by atoms with Gasteiger partial charge < -0.3 is 5.11 Å². The number of hydrogen-bond acceptors (Lipinski definition) is 3. The fourth-order valence-corrected chi connectivity index (χ4v) is 5.36.